The van der Waals surface area contributed by atoms with Gasteiger partial charge >= 0.3 is 12.0 Å². The molecule has 0 atom stereocenters. The number of benzene rings is 1. The minimum Gasteiger partial charge on any atom is -0.481 e. The number of rotatable bonds is 4. The molecular weight excluding hydrogens is 378 g/mol. The fourth-order valence-corrected chi connectivity index (χ4v) is 4.03. The Balaban J connectivity index is 1.57. The number of hydrogen-bond acceptors (Lipinski definition) is 6. The summed E-state index contributed by atoms with van der Waals surface area (Å²) in [5, 5.41) is 27.0. The van der Waals surface area contributed by atoms with E-state index < -0.39 is 17.6 Å². The van der Waals surface area contributed by atoms with Crippen molar-refractivity contribution in [1.82, 2.24) is 15.1 Å². The van der Waals surface area contributed by atoms with Gasteiger partial charge < -0.3 is 15.1 Å². The first-order valence-electron chi connectivity index (χ1n) is 9.53. The molecule has 10 nitrogen and oxygen atoms in total. The van der Waals surface area contributed by atoms with Gasteiger partial charge in [0, 0.05) is 44.2 Å². The van der Waals surface area contributed by atoms with E-state index in [-0.39, 0.29) is 25.3 Å². The van der Waals surface area contributed by atoms with Crippen LogP contribution < -0.4 is 15.1 Å². The van der Waals surface area contributed by atoms with Crippen molar-refractivity contribution in [2.45, 2.75) is 31.3 Å². The van der Waals surface area contributed by atoms with Crippen LogP contribution in [0.2, 0.25) is 0 Å². The van der Waals surface area contributed by atoms with Gasteiger partial charge in [-0.15, -0.1) is 0 Å². The first-order valence-corrected chi connectivity index (χ1v) is 9.53. The molecule has 1 aromatic heterocycles. The number of carboxylic acid groups (broad SMARTS) is 1. The van der Waals surface area contributed by atoms with Crippen molar-refractivity contribution in [3.05, 3.63) is 18.2 Å². The number of carbonyl (C=O) groups excluding carboxylic acids is 2. The zero-order valence-electron chi connectivity index (χ0n) is 16.1. The van der Waals surface area contributed by atoms with Crippen molar-refractivity contribution < 1.29 is 24.6 Å². The third-order valence-corrected chi connectivity index (χ3v) is 5.66. The number of amides is 3. The van der Waals surface area contributed by atoms with Crippen LogP contribution in [-0.4, -0.2) is 63.1 Å². The minimum absolute atomic E-state index is 0.231. The number of piperidine rings is 1. The third-order valence-electron chi connectivity index (χ3n) is 5.66. The molecule has 0 saturated carbocycles. The van der Waals surface area contributed by atoms with Gasteiger partial charge in [-0.1, -0.05) is 0 Å². The number of carbonyl (C=O) groups is 3. The number of imide groups is 1. The summed E-state index contributed by atoms with van der Waals surface area (Å²) in [6.07, 6.45) is 0.756. The Morgan fingerprint density at radius 1 is 1.24 bits per heavy atom. The van der Waals surface area contributed by atoms with Crippen molar-refractivity contribution in [1.29, 1.82) is 0 Å². The van der Waals surface area contributed by atoms with Gasteiger partial charge in [0.05, 0.1) is 17.5 Å². The highest BCUT2D eigenvalue weighted by molar-refractivity contribution is 6.09. The van der Waals surface area contributed by atoms with Crippen molar-refractivity contribution in [3.8, 4) is 0 Å². The van der Waals surface area contributed by atoms with Crippen LogP contribution in [0.4, 0.5) is 16.3 Å². The Morgan fingerprint density at radius 2 is 1.97 bits per heavy atom. The highest BCUT2D eigenvalue weighted by Gasteiger charge is 2.35. The number of aromatic nitrogens is 2. The van der Waals surface area contributed by atoms with Crippen molar-refractivity contribution in [3.63, 3.8) is 0 Å². The number of carboxylic acids is 1. The molecule has 2 aromatic rings. The van der Waals surface area contributed by atoms with Gasteiger partial charge in [-0.25, -0.2) is 4.79 Å². The van der Waals surface area contributed by atoms with E-state index in [1.807, 2.05) is 18.2 Å². The van der Waals surface area contributed by atoms with E-state index in [9.17, 15) is 19.5 Å². The topological polar surface area (TPSA) is 128 Å². The maximum Gasteiger partial charge on any atom is 0.329 e. The number of nitrogens with zero attached hydrogens (tertiary/aromatic N) is 4. The van der Waals surface area contributed by atoms with Gasteiger partial charge in [-0.3, -0.25) is 24.5 Å². The predicted molar refractivity (Wildman–Crippen MR) is 105 cm³/mol. The van der Waals surface area contributed by atoms with Crippen LogP contribution in [0.3, 0.4) is 0 Å². The summed E-state index contributed by atoms with van der Waals surface area (Å²) in [7, 11) is 1.80. The number of nitrogens with one attached hydrogen (secondary N) is 1. The van der Waals surface area contributed by atoms with Gasteiger partial charge in [0.1, 0.15) is 0 Å². The second kappa shape index (κ2) is 7.03. The van der Waals surface area contributed by atoms with Gasteiger partial charge in [0.15, 0.2) is 5.82 Å². The molecule has 2 aliphatic heterocycles. The monoisotopic (exact) mass is 401 g/mol. The molecule has 154 valence electrons. The molecule has 10 heteroatoms. The molecule has 3 amide bonds. The molecule has 0 unspecified atom stereocenters. The van der Waals surface area contributed by atoms with Crippen LogP contribution >= 0.6 is 0 Å². The van der Waals surface area contributed by atoms with Crippen LogP contribution in [0, 0.1) is 0 Å². The highest BCUT2D eigenvalue weighted by atomic mass is 16.4. The van der Waals surface area contributed by atoms with Crippen LogP contribution in [0.5, 0.6) is 0 Å². The molecule has 2 fully saturated rings. The van der Waals surface area contributed by atoms with Crippen LogP contribution in [0.25, 0.3) is 10.9 Å². The lowest BCUT2D eigenvalue weighted by atomic mass is 9.88. The molecular formula is C19H23N5O5. The second-order valence-corrected chi connectivity index (χ2v) is 7.69. The smallest absolute Gasteiger partial charge is 0.329 e. The summed E-state index contributed by atoms with van der Waals surface area (Å²) in [6, 6.07) is 5.33. The normalized spacial score (nSPS) is 19.5. The summed E-state index contributed by atoms with van der Waals surface area (Å²) in [5.41, 5.74) is 0.627. The van der Waals surface area contributed by atoms with Gasteiger partial charge in [-0.05, 0) is 31.0 Å². The number of aliphatic carboxylic acids is 1. The molecule has 4 rings (SSSR count). The number of anilines is 2. The SMILES string of the molecule is Cn1nc(N2CCC(=O)NC2=O)c2ccc(N3CCC(O)(CC(=O)O)CC3)cc21. The van der Waals surface area contributed by atoms with Gasteiger partial charge in [0.2, 0.25) is 5.91 Å². The Labute approximate surface area is 166 Å². The zero-order chi connectivity index (χ0) is 20.8. The fourth-order valence-electron chi connectivity index (χ4n) is 4.03. The van der Waals surface area contributed by atoms with Gasteiger partial charge in [0.25, 0.3) is 0 Å². The van der Waals surface area contributed by atoms with E-state index in [0.717, 1.165) is 16.6 Å². The Kier molecular flexibility index (Phi) is 4.65. The predicted octanol–water partition coefficient (Wildman–Crippen LogP) is 0.826. The Morgan fingerprint density at radius 3 is 2.62 bits per heavy atom. The van der Waals surface area contributed by atoms with Crippen LogP contribution in [0.15, 0.2) is 18.2 Å². The summed E-state index contributed by atoms with van der Waals surface area (Å²) in [6.45, 7) is 1.39. The summed E-state index contributed by atoms with van der Waals surface area (Å²) in [4.78, 5) is 38.1. The molecule has 2 aliphatic rings. The molecule has 0 radical (unpaired) electrons. The average Bonchev–Trinajstić information content (AvgIpc) is 2.97. The quantitative estimate of drug-likeness (QED) is 0.692. The second-order valence-electron chi connectivity index (χ2n) is 7.69. The molecule has 29 heavy (non-hydrogen) atoms. The highest BCUT2D eigenvalue weighted by Crippen LogP contribution is 2.33. The molecule has 0 aliphatic carbocycles. The molecule has 3 N–H and O–H groups in total. The first kappa shape index (κ1) is 19.2. The van der Waals surface area contributed by atoms with Gasteiger partial charge in [-0.2, -0.15) is 5.10 Å². The largest absolute Gasteiger partial charge is 0.481 e. The number of urea groups is 1. The number of fused-ring (bicyclic) bond motifs is 1. The van der Waals surface area contributed by atoms with Crippen LogP contribution in [-0.2, 0) is 16.6 Å². The molecule has 2 saturated heterocycles. The maximum absolute atomic E-state index is 12.2. The summed E-state index contributed by atoms with van der Waals surface area (Å²) < 4.78 is 1.70. The lowest BCUT2D eigenvalue weighted by Gasteiger charge is -2.38. The van der Waals surface area contributed by atoms with Crippen molar-refractivity contribution >= 4 is 40.3 Å². The summed E-state index contributed by atoms with van der Waals surface area (Å²) in [5.74, 6) is -0.775. The lowest BCUT2D eigenvalue weighted by molar-refractivity contribution is -0.143. The van der Waals surface area contributed by atoms with Crippen molar-refractivity contribution in [2.24, 2.45) is 7.05 Å². The lowest BCUT2D eigenvalue weighted by Crippen LogP contribution is -2.49. The van der Waals surface area contributed by atoms with E-state index in [4.69, 9.17) is 5.11 Å². The molecule has 3 heterocycles. The Hall–Kier alpha value is -3.14. The molecule has 1 aromatic carbocycles. The minimum atomic E-state index is -1.16. The standard InChI is InChI=1S/C19H23N5O5/c1-22-14-10-12(23-8-5-19(29,6-9-23)11-16(26)27)2-3-13(14)17(21-22)24-7-4-15(25)20-18(24)28/h2-3,10,29H,4-9,11H2,1H3,(H,26,27)(H,20,25,28). The number of hydrogen-bond donors (Lipinski definition) is 3. The fraction of sp³-hybridized carbons (Fsp3) is 0.474. The number of aliphatic hydroxyl groups is 1. The summed E-state index contributed by atoms with van der Waals surface area (Å²) >= 11 is 0. The van der Waals surface area contributed by atoms with E-state index in [1.165, 1.54) is 4.90 Å². The molecule has 0 spiro atoms. The first-order chi connectivity index (χ1) is 13.8. The van der Waals surface area contributed by atoms with E-state index >= 15 is 0 Å². The molecule has 0 bridgehead atoms. The number of aryl methyl sites for hydroxylation is 1. The average molecular weight is 401 g/mol. The van der Waals surface area contributed by atoms with Crippen LogP contribution in [0.1, 0.15) is 25.7 Å². The van der Waals surface area contributed by atoms with E-state index in [1.54, 1.807) is 11.7 Å². The van der Waals surface area contributed by atoms with E-state index in [0.29, 0.717) is 31.7 Å². The van der Waals surface area contributed by atoms with E-state index in [2.05, 4.69) is 15.3 Å². The maximum atomic E-state index is 12.2. The van der Waals surface area contributed by atoms with Crippen molar-refractivity contribution in [2.75, 3.05) is 29.4 Å². The third kappa shape index (κ3) is 3.63. The zero-order valence-corrected chi connectivity index (χ0v) is 16.1. The Bertz CT molecular complexity index is 992.